The molecule has 0 unspecified atom stereocenters. The molecule has 0 bridgehead atoms. The fourth-order valence-electron chi connectivity index (χ4n) is 3.97. The maximum atomic E-state index is 13.4. The van der Waals surface area contributed by atoms with E-state index in [0.29, 0.717) is 23.6 Å². The van der Waals surface area contributed by atoms with E-state index in [1.165, 1.54) is 29.2 Å². The summed E-state index contributed by atoms with van der Waals surface area (Å²) in [5.74, 6) is 5.75. The zero-order valence-corrected chi connectivity index (χ0v) is 20.2. The van der Waals surface area contributed by atoms with Gasteiger partial charge in [-0.3, -0.25) is 9.59 Å². The maximum Gasteiger partial charge on any atom is 0.259 e. The monoisotopic (exact) mass is 479 g/mol. The zero-order chi connectivity index (χ0) is 25.1. The van der Waals surface area contributed by atoms with Crippen molar-refractivity contribution in [2.24, 2.45) is 11.8 Å². The zero-order valence-electron chi connectivity index (χ0n) is 20.2. The van der Waals surface area contributed by atoms with E-state index in [-0.39, 0.29) is 42.3 Å². The normalized spacial score (nSPS) is 20.5. The van der Waals surface area contributed by atoms with Crippen molar-refractivity contribution in [2.75, 3.05) is 26.7 Å². The molecule has 2 aromatic rings. The van der Waals surface area contributed by atoms with Gasteiger partial charge in [0.1, 0.15) is 17.5 Å². The van der Waals surface area contributed by atoms with Gasteiger partial charge in [-0.25, -0.2) is 9.37 Å². The van der Waals surface area contributed by atoms with Crippen molar-refractivity contribution in [1.29, 1.82) is 0 Å². The number of halogens is 1. The smallest absolute Gasteiger partial charge is 0.259 e. The molecule has 1 saturated carbocycles. The Morgan fingerprint density at radius 1 is 1.34 bits per heavy atom. The number of rotatable bonds is 5. The quantitative estimate of drug-likeness (QED) is 0.667. The minimum Gasteiger partial charge on any atom is -0.472 e. The van der Waals surface area contributed by atoms with E-state index in [2.05, 4.69) is 16.8 Å². The number of ether oxygens (including phenoxy) is 1. The van der Waals surface area contributed by atoms with Crippen LogP contribution >= 0.6 is 0 Å². The Balaban J connectivity index is 1.62. The maximum absolute atomic E-state index is 13.4. The highest BCUT2D eigenvalue weighted by molar-refractivity contribution is 5.97. The third-order valence-electron chi connectivity index (χ3n) is 6.41. The Morgan fingerprint density at radius 3 is 2.71 bits per heavy atom. The summed E-state index contributed by atoms with van der Waals surface area (Å²) in [6.07, 6.45) is 3.32. The van der Waals surface area contributed by atoms with Crippen LogP contribution in [0, 0.1) is 29.5 Å². The number of pyridine rings is 1. The molecule has 4 rings (SSSR count). The van der Waals surface area contributed by atoms with E-state index in [1.807, 2.05) is 6.92 Å². The summed E-state index contributed by atoms with van der Waals surface area (Å²) >= 11 is 0. The number of aliphatic hydroxyl groups is 1. The minimum atomic E-state index is -0.472. The first-order valence-electron chi connectivity index (χ1n) is 11.9. The van der Waals surface area contributed by atoms with E-state index in [9.17, 15) is 19.1 Å². The lowest BCUT2D eigenvalue weighted by Crippen LogP contribution is -2.50. The molecular weight excluding hydrogens is 449 g/mol. The van der Waals surface area contributed by atoms with E-state index in [1.54, 1.807) is 31.1 Å². The fraction of sp³-hybridized carbons (Fsp3) is 0.444. The van der Waals surface area contributed by atoms with Gasteiger partial charge in [-0.2, -0.15) is 0 Å². The van der Waals surface area contributed by atoms with Crippen LogP contribution in [0.2, 0.25) is 0 Å². The molecule has 2 amide bonds. The lowest BCUT2D eigenvalue weighted by Gasteiger charge is -2.37. The van der Waals surface area contributed by atoms with Crippen LogP contribution in [-0.4, -0.2) is 70.6 Å². The number of aliphatic hydroxyl groups excluding tert-OH is 1. The molecule has 184 valence electrons. The molecule has 0 spiro atoms. The van der Waals surface area contributed by atoms with E-state index >= 15 is 0 Å². The van der Waals surface area contributed by atoms with Crippen molar-refractivity contribution in [3.8, 4) is 17.7 Å². The van der Waals surface area contributed by atoms with Crippen LogP contribution < -0.4 is 4.74 Å². The summed E-state index contributed by atoms with van der Waals surface area (Å²) in [6.45, 7) is 4.11. The highest BCUT2D eigenvalue weighted by Crippen LogP contribution is 2.29. The van der Waals surface area contributed by atoms with Gasteiger partial charge >= 0.3 is 0 Å². The molecule has 0 saturated heterocycles. The molecule has 3 atom stereocenters. The van der Waals surface area contributed by atoms with Gasteiger partial charge in [0.2, 0.25) is 5.88 Å². The summed E-state index contributed by atoms with van der Waals surface area (Å²) in [7, 11) is 1.66. The van der Waals surface area contributed by atoms with Crippen LogP contribution in [0.4, 0.5) is 4.39 Å². The van der Waals surface area contributed by atoms with Crippen LogP contribution in [-0.2, 0) is 0 Å². The molecule has 8 heteroatoms. The predicted molar refractivity (Wildman–Crippen MR) is 128 cm³/mol. The summed E-state index contributed by atoms with van der Waals surface area (Å²) in [6, 6.07) is 6.68. The number of amides is 2. The van der Waals surface area contributed by atoms with Crippen LogP contribution in [0.15, 0.2) is 36.5 Å². The Bertz CT molecular complexity index is 1150. The molecule has 2 aliphatic rings. The second-order valence-corrected chi connectivity index (χ2v) is 9.44. The number of likely N-dealkylation sites (N-methyl/N-ethyl adjacent to an activating group) is 1. The first kappa shape index (κ1) is 24.7. The number of nitrogens with zero attached hydrogens (tertiary/aromatic N) is 3. The molecule has 1 fully saturated rings. The summed E-state index contributed by atoms with van der Waals surface area (Å²) in [5, 5.41) is 9.80. The highest BCUT2D eigenvalue weighted by atomic mass is 19.1. The van der Waals surface area contributed by atoms with Gasteiger partial charge in [-0.05, 0) is 50.1 Å². The van der Waals surface area contributed by atoms with Gasteiger partial charge in [-0.1, -0.05) is 18.8 Å². The number of carbonyl (C=O) groups excluding carboxylic acids is 2. The molecule has 7 nitrogen and oxygen atoms in total. The third-order valence-corrected chi connectivity index (χ3v) is 6.41. The molecule has 0 radical (unpaired) electrons. The van der Waals surface area contributed by atoms with Crippen molar-refractivity contribution >= 4 is 11.8 Å². The van der Waals surface area contributed by atoms with E-state index < -0.39 is 18.0 Å². The second-order valence-electron chi connectivity index (χ2n) is 9.44. The van der Waals surface area contributed by atoms with Gasteiger partial charge in [0.25, 0.3) is 11.8 Å². The molecule has 1 aromatic carbocycles. The summed E-state index contributed by atoms with van der Waals surface area (Å²) in [4.78, 5) is 33.9. The predicted octanol–water partition coefficient (Wildman–Crippen LogP) is 2.97. The van der Waals surface area contributed by atoms with E-state index in [4.69, 9.17) is 4.74 Å². The summed E-state index contributed by atoms with van der Waals surface area (Å²) < 4.78 is 19.5. The molecule has 1 aliphatic heterocycles. The lowest BCUT2D eigenvalue weighted by molar-refractivity contribution is 0.0313. The Hall–Kier alpha value is -3.44. The van der Waals surface area contributed by atoms with Crippen molar-refractivity contribution in [2.45, 2.75) is 38.8 Å². The molecule has 1 aromatic heterocycles. The number of hydrogen-bond donors (Lipinski definition) is 1. The van der Waals surface area contributed by atoms with Crippen molar-refractivity contribution in [3.63, 3.8) is 0 Å². The first-order valence-corrected chi connectivity index (χ1v) is 11.9. The van der Waals surface area contributed by atoms with Gasteiger partial charge < -0.3 is 19.6 Å². The van der Waals surface area contributed by atoms with Crippen molar-refractivity contribution < 1.29 is 23.8 Å². The Morgan fingerprint density at radius 2 is 2.06 bits per heavy atom. The molecule has 1 aliphatic carbocycles. The number of aromatic nitrogens is 1. The van der Waals surface area contributed by atoms with Crippen molar-refractivity contribution in [1.82, 2.24) is 14.8 Å². The molecular formula is C27H30FN3O4. The average molecular weight is 480 g/mol. The highest BCUT2D eigenvalue weighted by Gasteiger charge is 2.34. The number of fused-ring (bicyclic) bond motifs is 1. The number of hydrogen-bond acceptors (Lipinski definition) is 5. The largest absolute Gasteiger partial charge is 0.472 e. The van der Waals surface area contributed by atoms with E-state index in [0.717, 1.165) is 12.8 Å². The van der Waals surface area contributed by atoms with Crippen molar-refractivity contribution in [3.05, 3.63) is 59.0 Å². The standard InChI is InChI=1S/C27H30FN3O4/c1-17-14-31(18(2)16-32)27(34)23-12-20(7-6-19-4-5-19)13-29-25(23)35-24(17)15-30(3)26(33)21-8-10-22(28)11-9-21/h8-13,17-19,24,32H,4-5,14-16H2,1-3H3/t17-,18+,24-/m0/s1. The van der Waals surface area contributed by atoms with Crippen LogP contribution in [0.3, 0.4) is 0 Å². The molecule has 35 heavy (non-hydrogen) atoms. The van der Waals surface area contributed by atoms with Gasteiger partial charge in [0.05, 0.1) is 19.2 Å². The first-order chi connectivity index (χ1) is 16.8. The minimum absolute atomic E-state index is 0.166. The van der Waals surface area contributed by atoms with Gasteiger partial charge in [0, 0.05) is 42.8 Å². The average Bonchev–Trinajstić information content (AvgIpc) is 3.69. The molecule has 2 heterocycles. The number of benzene rings is 1. The summed E-state index contributed by atoms with van der Waals surface area (Å²) in [5.41, 5.74) is 1.30. The topological polar surface area (TPSA) is 83.0 Å². The Labute approximate surface area is 204 Å². The SMILES string of the molecule is C[C@H](CO)N1C[C@H](C)[C@H](CN(C)C(=O)c2ccc(F)cc2)Oc2ncc(C#CC3CC3)cc2C1=O. The van der Waals surface area contributed by atoms with Crippen LogP contribution in [0.25, 0.3) is 0 Å². The fourth-order valence-corrected chi connectivity index (χ4v) is 3.97. The van der Waals surface area contributed by atoms with Crippen LogP contribution in [0.5, 0.6) is 5.88 Å². The second kappa shape index (κ2) is 10.4. The van der Waals surface area contributed by atoms with Gasteiger partial charge in [0.15, 0.2) is 0 Å². The third kappa shape index (κ3) is 5.80. The Kier molecular flexibility index (Phi) is 7.37. The van der Waals surface area contributed by atoms with Gasteiger partial charge in [-0.15, -0.1) is 0 Å². The molecule has 1 N–H and O–H groups in total. The van der Waals surface area contributed by atoms with Crippen LogP contribution in [0.1, 0.15) is 53.0 Å². The lowest BCUT2D eigenvalue weighted by atomic mass is 9.99. The number of carbonyl (C=O) groups is 2.